The number of carbonyl (C=O) groups is 3. The number of anilines is 1. The number of fused-ring (bicyclic) bond motifs is 1. The summed E-state index contributed by atoms with van der Waals surface area (Å²) in [6.45, 7) is 1.46. The molecular formula is C20H16N4O3. The van der Waals surface area contributed by atoms with Gasteiger partial charge in [-0.2, -0.15) is 5.10 Å². The molecule has 0 bridgehead atoms. The maximum Gasteiger partial charge on any atom is 0.262 e. The summed E-state index contributed by atoms with van der Waals surface area (Å²) in [4.78, 5) is 38.2. The van der Waals surface area contributed by atoms with Crippen molar-refractivity contribution in [1.29, 1.82) is 0 Å². The maximum absolute atomic E-state index is 12.5. The molecule has 0 fully saturated rings. The smallest absolute Gasteiger partial charge is 0.262 e. The molecule has 4 rings (SSSR count). The number of nitrogens with zero attached hydrogens (tertiary/aromatic N) is 3. The number of imide groups is 1. The minimum Gasteiger partial charge on any atom is -0.309 e. The molecule has 7 nitrogen and oxygen atoms in total. The van der Waals surface area contributed by atoms with Crippen molar-refractivity contribution in [3.8, 4) is 5.69 Å². The van der Waals surface area contributed by atoms with E-state index in [1.54, 1.807) is 35.0 Å². The highest BCUT2D eigenvalue weighted by Crippen LogP contribution is 2.22. The largest absolute Gasteiger partial charge is 0.309 e. The van der Waals surface area contributed by atoms with E-state index in [2.05, 4.69) is 10.4 Å². The van der Waals surface area contributed by atoms with E-state index >= 15 is 0 Å². The van der Waals surface area contributed by atoms with Crippen LogP contribution < -0.4 is 5.32 Å². The summed E-state index contributed by atoms with van der Waals surface area (Å²) in [5.74, 6) is -0.918. The third-order valence-corrected chi connectivity index (χ3v) is 4.28. The van der Waals surface area contributed by atoms with Crippen molar-refractivity contribution < 1.29 is 14.4 Å². The fourth-order valence-electron chi connectivity index (χ4n) is 3.06. The molecule has 1 aromatic heterocycles. The van der Waals surface area contributed by atoms with Gasteiger partial charge in [-0.05, 0) is 31.2 Å². The quantitative estimate of drug-likeness (QED) is 0.724. The molecular weight excluding hydrogens is 344 g/mol. The van der Waals surface area contributed by atoms with Crippen LogP contribution in [0.5, 0.6) is 0 Å². The average Bonchev–Trinajstić information content (AvgIpc) is 3.15. The Hall–Kier alpha value is -3.74. The summed E-state index contributed by atoms with van der Waals surface area (Å²) in [5, 5.41) is 7.12. The lowest BCUT2D eigenvalue weighted by Gasteiger charge is -2.14. The lowest BCUT2D eigenvalue weighted by molar-refractivity contribution is -0.116. The molecule has 0 saturated carbocycles. The first kappa shape index (κ1) is 16.7. The molecule has 1 aliphatic heterocycles. The Morgan fingerprint density at radius 1 is 0.963 bits per heavy atom. The van der Waals surface area contributed by atoms with Crippen molar-refractivity contribution in [3.63, 3.8) is 0 Å². The van der Waals surface area contributed by atoms with E-state index in [0.717, 1.165) is 16.3 Å². The molecule has 0 radical (unpaired) electrons. The van der Waals surface area contributed by atoms with Gasteiger partial charge in [-0.3, -0.25) is 19.3 Å². The lowest BCUT2D eigenvalue weighted by Crippen LogP contribution is -2.37. The molecule has 7 heteroatoms. The van der Waals surface area contributed by atoms with Gasteiger partial charge in [-0.1, -0.05) is 30.3 Å². The van der Waals surface area contributed by atoms with Crippen LogP contribution in [0.2, 0.25) is 0 Å². The van der Waals surface area contributed by atoms with Crippen LogP contribution >= 0.6 is 0 Å². The van der Waals surface area contributed by atoms with Crippen LogP contribution in [0.15, 0.2) is 60.7 Å². The first-order valence-electron chi connectivity index (χ1n) is 8.42. The van der Waals surface area contributed by atoms with Crippen LogP contribution in [0.3, 0.4) is 0 Å². The summed E-state index contributed by atoms with van der Waals surface area (Å²) < 4.78 is 1.61. The van der Waals surface area contributed by atoms with Crippen LogP contribution in [0.25, 0.3) is 5.69 Å². The number of carbonyl (C=O) groups excluding carboxylic acids is 3. The SMILES string of the molecule is Cc1cc(NC(=O)CN2C(=O)c3ccccc3C2=O)n(-c2ccccc2)n1. The van der Waals surface area contributed by atoms with Gasteiger partial charge in [0.1, 0.15) is 12.4 Å². The molecule has 0 atom stereocenters. The monoisotopic (exact) mass is 360 g/mol. The average molecular weight is 360 g/mol. The summed E-state index contributed by atoms with van der Waals surface area (Å²) in [5.41, 5.74) is 2.16. The van der Waals surface area contributed by atoms with Crippen molar-refractivity contribution >= 4 is 23.5 Å². The molecule has 2 aromatic carbocycles. The number of aromatic nitrogens is 2. The summed E-state index contributed by atoms with van der Waals surface area (Å²) in [6.07, 6.45) is 0. The molecule has 2 heterocycles. The highest BCUT2D eigenvalue weighted by Gasteiger charge is 2.36. The molecule has 0 saturated heterocycles. The van der Waals surface area contributed by atoms with Gasteiger partial charge in [0.15, 0.2) is 0 Å². The van der Waals surface area contributed by atoms with Crippen molar-refractivity contribution in [2.24, 2.45) is 0 Å². The van der Waals surface area contributed by atoms with E-state index in [1.165, 1.54) is 0 Å². The minimum absolute atomic E-state index is 0.320. The summed E-state index contributed by atoms with van der Waals surface area (Å²) in [6, 6.07) is 17.6. The van der Waals surface area contributed by atoms with Gasteiger partial charge < -0.3 is 5.32 Å². The number of hydrogen-bond donors (Lipinski definition) is 1. The number of benzene rings is 2. The first-order chi connectivity index (χ1) is 13.0. The second-order valence-corrected chi connectivity index (χ2v) is 6.21. The van der Waals surface area contributed by atoms with Crippen LogP contribution in [0, 0.1) is 6.92 Å². The minimum atomic E-state index is -0.471. The highest BCUT2D eigenvalue weighted by molar-refractivity contribution is 6.22. The summed E-state index contributed by atoms with van der Waals surface area (Å²) >= 11 is 0. The van der Waals surface area contributed by atoms with E-state index in [1.807, 2.05) is 37.3 Å². The molecule has 1 N–H and O–H groups in total. The van der Waals surface area contributed by atoms with E-state index < -0.39 is 17.7 Å². The first-order valence-corrected chi connectivity index (χ1v) is 8.42. The van der Waals surface area contributed by atoms with Crippen LogP contribution in [0.4, 0.5) is 5.82 Å². The van der Waals surface area contributed by atoms with E-state index in [0.29, 0.717) is 16.9 Å². The van der Waals surface area contributed by atoms with Crippen molar-refractivity contribution in [2.45, 2.75) is 6.92 Å². The third kappa shape index (κ3) is 2.99. The molecule has 3 amide bonds. The van der Waals surface area contributed by atoms with Crippen LogP contribution in [-0.2, 0) is 4.79 Å². The lowest BCUT2D eigenvalue weighted by atomic mass is 10.1. The predicted octanol–water partition coefficient (Wildman–Crippen LogP) is 2.42. The number of aryl methyl sites for hydroxylation is 1. The Bertz CT molecular complexity index is 1020. The fourth-order valence-corrected chi connectivity index (χ4v) is 3.06. The van der Waals surface area contributed by atoms with E-state index in [9.17, 15) is 14.4 Å². The van der Waals surface area contributed by atoms with Gasteiger partial charge in [0, 0.05) is 6.07 Å². The molecule has 0 unspecified atom stereocenters. The molecule has 27 heavy (non-hydrogen) atoms. The van der Waals surface area contributed by atoms with Crippen molar-refractivity contribution in [3.05, 3.63) is 77.5 Å². The Kier molecular flexibility index (Phi) is 4.04. The molecule has 134 valence electrons. The summed E-state index contributed by atoms with van der Waals surface area (Å²) in [7, 11) is 0. The van der Waals surface area contributed by atoms with E-state index in [4.69, 9.17) is 0 Å². The van der Waals surface area contributed by atoms with Crippen LogP contribution in [0.1, 0.15) is 26.4 Å². The van der Waals surface area contributed by atoms with Gasteiger partial charge in [-0.25, -0.2) is 4.68 Å². The van der Waals surface area contributed by atoms with Gasteiger partial charge in [0.25, 0.3) is 11.8 Å². The Labute approximate surface area is 155 Å². The second-order valence-electron chi connectivity index (χ2n) is 6.21. The van der Waals surface area contributed by atoms with Crippen LogP contribution in [-0.4, -0.2) is 38.9 Å². The maximum atomic E-state index is 12.5. The Morgan fingerprint density at radius 3 is 2.19 bits per heavy atom. The second kappa shape index (κ2) is 6.53. The zero-order chi connectivity index (χ0) is 19.0. The van der Waals surface area contributed by atoms with Crippen molar-refractivity contribution in [1.82, 2.24) is 14.7 Å². The number of hydrogen-bond acceptors (Lipinski definition) is 4. The van der Waals surface area contributed by atoms with Gasteiger partial charge in [0.05, 0.1) is 22.5 Å². The number of nitrogens with one attached hydrogen (secondary N) is 1. The zero-order valence-electron chi connectivity index (χ0n) is 14.5. The molecule has 0 spiro atoms. The predicted molar refractivity (Wildman–Crippen MR) is 98.7 cm³/mol. The van der Waals surface area contributed by atoms with Gasteiger partial charge in [0.2, 0.25) is 5.91 Å². The highest BCUT2D eigenvalue weighted by atomic mass is 16.2. The van der Waals surface area contributed by atoms with Crippen molar-refractivity contribution in [2.75, 3.05) is 11.9 Å². The normalized spacial score (nSPS) is 13.0. The van der Waals surface area contributed by atoms with Gasteiger partial charge in [-0.15, -0.1) is 0 Å². The number of para-hydroxylation sites is 1. The topological polar surface area (TPSA) is 84.3 Å². The standard InChI is InChI=1S/C20H16N4O3/c1-13-11-17(24(22-13)14-7-3-2-4-8-14)21-18(25)12-23-19(26)15-9-5-6-10-16(15)20(23)27/h2-11H,12H2,1H3,(H,21,25). The fraction of sp³-hybridized carbons (Fsp3) is 0.100. The Balaban J connectivity index is 1.53. The Morgan fingerprint density at radius 2 is 1.56 bits per heavy atom. The third-order valence-electron chi connectivity index (χ3n) is 4.28. The molecule has 1 aliphatic rings. The van der Waals surface area contributed by atoms with Gasteiger partial charge >= 0.3 is 0 Å². The number of amides is 3. The number of rotatable bonds is 4. The zero-order valence-corrected chi connectivity index (χ0v) is 14.5. The molecule has 3 aromatic rings. The van der Waals surface area contributed by atoms with E-state index in [-0.39, 0.29) is 6.54 Å². The molecule has 0 aliphatic carbocycles.